The van der Waals surface area contributed by atoms with E-state index >= 15 is 0 Å². The van der Waals surface area contributed by atoms with Crippen LogP contribution in [0.2, 0.25) is 0 Å². The first-order valence-electron chi connectivity index (χ1n) is 5.15. The summed E-state index contributed by atoms with van der Waals surface area (Å²) in [5.41, 5.74) is 0.505. The van der Waals surface area contributed by atoms with Crippen LogP contribution in [0.4, 0.5) is 5.69 Å². The number of nitrogens with zero attached hydrogens (tertiary/aromatic N) is 2. The van der Waals surface area contributed by atoms with Crippen molar-refractivity contribution < 1.29 is 5.11 Å². The molecule has 0 aliphatic carbocycles. The van der Waals surface area contributed by atoms with E-state index in [1.807, 2.05) is 19.2 Å². The van der Waals surface area contributed by atoms with Gasteiger partial charge in [0.2, 0.25) is 0 Å². The standard InChI is InChI=1S/C11H15BrN2O/c1-11(15)3-2-4-14(8-11)10-5-9(12)6-13-7-10/h5-7,15H,2-4,8H2,1H3. The predicted molar refractivity (Wildman–Crippen MR) is 64.0 cm³/mol. The van der Waals surface area contributed by atoms with Crippen molar-refractivity contribution in [3.05, 3.63) is 22.9 Å². The van der Waals surface area contributed by atoms with Crippen LogP contribution in [0.25, 0.3) is 0 Å². The molecule has 0 bridgehead atoms. The van der Waals surface area contributed by atoms with Gasteiger partial charge < -0.3 is 10.0 Å². The van der Waals surface area contributed by atoms with Gasteiger partial charge in [-0.3, -0.25) is 4.98 Å². The molecule has 1 aliphatic heterocycles. The Morgan fingerprint density at radius 1 is 1.53 bits per heavy atom. The molecule has 1 aromatic heterocycles. The normalized spacial score (nSPS) is 26.7. The fourth-order valence-corrected chi connectivity index (χ4v) is 2.37. The van der Waals surface area contributed by atoms with Crippen LogP contribution >= 0.6 is 15.9 Å². The smallest absolute Gasteiger partial charge is 0.0794 e. The molecule has 0 radical (unpaired) electrons. The number of rotatable bonds is 1. The Morgan fingerprint density at radius 2 is 2.33 bits per heavy atom. The van der Waals surface area contributed by atoms with Gasteiger partial charge in [0.1, 0.15) is 0 Å². The molecule has 1 unspecified atom stereocenters. The van der Waals surface area contributed by atoms with E-state index in [1.165, 1.54) is 0 Å². The lowest BCUT2D eigenvalue weighted by Crippen LogP contribution is -2.46. The van der Waals surface area contributed by atoms with Crippen molar-refractivity contribution in [2.45, 2.75) is 25.4 Å². The molecule has 4 heteroatoms. The minimum Gasteiger partial charge on any atom is -0.388 e. The zero-order valence-corrected chi connectivity index (χ0v) is 10.4. The van der Waals surface area contributed by atoms with Crippen molar-refractivity contribution in [2.24, 2.45) is 0 Å². The van der Waals surface area contributed by atoms with Crippen LogP contribution in [0.1, 0.15) is 19.8 Å². The van der Waals surface area contributed by atoms with Crippen molar-refractivity contribution in [1.82, 2.24) is 4.98 Å². The fraction of sp³-hybridized carbons (Fsp3) is 0.545. The lowest BCUT2D eigenvalue weighted by Gasteiger charge is -2.38. The Morgan fingerprint density at radius 3 is 3.00 bits per heavy atom. The monoisotopic (exact) mass is 270 g/mol. The number of anilines is 1. The lowest BCUT2D eigenvalue weighted by atomic mass is 9.95. The summed E-state index contributed by atoms with van der Waals surface area (Å²) in [5.74, 6) is 0. The molecular weight excluding hydrogens is 256 g/mol. The molecule has 0 aromatic carbocycles. The third-order valence-corrected chi connectivity index (χ3v) is 3.16. The van der Waals surface area contributed by atoms with Gasteiger partial charge in [-0.05, 0) is 41.8 Å². The highest BCUT2D eigenvalue weighted by Crippen LogP contribution is 2.26. The van der Waals surface area contributed by atoms with Gasteiger partial charge in [0, 0.05) is 23.8 Å². The van der Waals surface area contributed by atoms with Crippen LogP contribution in [0, 0.1) is 0 Å². The van der Waals surface area contributed by atoms with Gasteiger partial charge in [-0.1, -0.05) is 0 Å². The molecule has 0 saturated carbocycles. The first-order chi connectivity index (χ1) is 7.07. The van der Waals surface area contributed by atoms with E-state index in [-0.39, 0.29) is 0 Å². The minimum atomic E-state index is -0.569. The summed E-state index contributed by atoms with van der Waals surface area (Å²) in [4.78, 5) is 6.32. The first-order valence-corrected chi connectivity index (χ1v) is 5.94. The first kappa shape index (κ1) is 10.9. The highest BCUT2D eigenvalue weighted by atomic mass is 79.9. The van der Waals surface area contributed by atoms with E-state index in [0.717, 1.165) is 29.5 Å². The Bertz CT molecular complexity index is 354. The fourth-order valence-electron chi connectivity index (χ4n) is 2.01. The maximum atomic E-state index is 10.0. The Balaban J connectivity index is 2.17. The number of β-amino-alcohol motifs (C(OH)–C–C–N with tert-alkyl or cyclic N) is 1. The summed E-state index contributed by atoms with van der Waals surface area (Å²) in [6.07, 6.45) is 5.52. The van der Waals surface area contributed by atoms with Gasteiger partial charge in [0.15, 0.2) is 0 Å². The Kier molecular flexibility index (Phi) is 2.98. The molecule has 0 spiro atoms. The highest BCUT2D eigenvalue weighted by Gasteiger charge is 2.28. The van der Waals surface area contributed by atoms with E-state index in [4.69, 9.17) is 0 Å². The average molecular weight is 271 g/mol. The molecule has 1 N–H and O–H groups in total. The highest BCUT2D eigenvalue weighted by molar-refractivity contribution is 9.10. The lowest BCUT2D eigenvalue weighted by molar-refractivity contribution is 0.0449. The zero-order chi connectivity index (χ0) is 10.9. The van der Waals surface area contributed by atoms with E-state index in [1.54, 1.807) is 6.20 Å². The van der Waals surface area contributed by atoms with E-state index in [9.17, 15) is 5.11 Å². The second kappa shape index (κ2) is 4.10. The Hall–Kier alpha value is -0.610. The zero-order valence-electron chi connectivity index (χ0n) is 8.78. The van der Waals surface area contributed by atoms with Crippen molar-refractivity contribution in [1.29, 1.82) is 0 Å². The van der Waals surface area contributed by atoms with Crippen molar-refractivity contribution in [2.75, 3.05) is 18.0 Å². The van der Waals surface area contributed by atoms with Crippen LogP contribution in [0.5, 0.6) is 0 Å². The van der Waals surface area contributed by atoms with Gasteiger partial charge in [0.05, 0.1) is 17.5 Å². The molecule has 15 heavy (non-hydrogen) atoms. The number of pyridine rings is 1. The Labute approximate surface area is 98.3 Å². The van der Waals surface area contributed by atoms with Gasteiger partial charge >= 0.3 is 0 Å². The number of halogens is 1. The van der Waals surface area contributed by atoms with Gasteiger partial charge in [0.25, 0.3) is 0 Å². The maximum Gasteiger partial charge on any atom is 0.0794 e. The SMILES string of the molecule is CC1(O)CCCN(c2cncc(Br)c2)C1. The molecule has 1 aliphatic rings. The van der Waals surface area contributed by atoms with Gasteiger partial charge in [-0.25, -0.2) is 0 Å². The van der Waals surface area contributed by atoms with Crippen LogP contribution in [-0.2, 0) is 0 Å². The topological polar surface area (TPSA) is 36.4 Å². The largest absolute Gasteiger partial charge is 0.388 e. The molecule has 2 heterocycles. The van der Waals surface area contributed by atoms with Crippen molar-refractivity contribution in [3.8, 4) is 0 Å². The maximum absolute atomic E-state index is 10.0. The van der Waals surface area contributed by atoms with Crippen LogP contribution in [-0.4, -0.2) is 28.8 Å². The van der Waals surface area contributed by atoms with Crippen LogP contribution < -0.4 is 4.90 Å². The average Bonchev–Trinajstić information content (AvgIpc) is 2.16. The molecule has 0 amide bonds. The molecule has 1 aromatic rings. The molecular formula is C11H15BrN2O. The van der Waals surface area contributed by atoms with Crippen molar-refractivity contribution >= 4 is 21.6 Å². The third kappa shape index (κ3) is 2.69. The summed E-state index contributed by atoms with van der Waals surface area (Å²) >= 11 is 3.41. The summed E-state index contributed by atoms with van der Waals surface area (Å²) in [6.45, 7) is 3.57. The minimum absolute atomic E-state index is 0.569. The number of aliphatic hydroxyl groups is 1. The van der Waals surface area contributed by atoms with Crippen LogP contribution in [0.15, 0.2) is 22.9 Å². The van der Waals surface area contributed by atoms with E-state index in [2.05, 4.69) is 25.8 Å². The predicted octanol–water partition coefficient (Wildman–Crippen LogP) is 2.20. The van der Waals surface area contributed by atoms with Gasteiger partial charge in [-0.2, -0.15) is 0 Å². The third-order valence-electron chi connectivity index (χ3n) is 2.73. The number of aromatic nitrogens is 1. The second-order valence-corrected chi connectivity index (χ2v) is 5.30. The van der Waals surface area contributed by atoms with E-state index < -0.39 is 5.60 Å². The summed E-state index contributed by atoms with van der Waals surface area (Å²) < 4.78 is 0.977. The quantitative estimate of drug-likeness (QED) is 0.850. The van der Waals surface area contributed by atoms with E-state index in [0.29, 0.717) is 6.54 Å². The van der Waals surface area contributed by atoms with Crippen molar-refractivity contribution in [3.63, 3.8) is 0 Å². The summed E-state index contributed by atoms with van der Waals surface area (Å²) in [6, 6.07) is 2.04. The van der Waals surface area contributed by atoms with Gasteiger partial charge in [-0.15, -0.1) is 0 Å². The molecule has 1 atom stereocenters. The van der Waals surface area contributed by atoms with Crippen LogP contribution in [0.3, 0.4) is 0 Å². The molecule has 1 saturated heterocycles. The second-order valence-electron chi connectivity index (χ2n) is 4.38. The molecule has 3 nitrogen and oxygen atoms in total. The summed E-state index contributed by atoms with van der Waals surface area (Å²) in [7, 11) is 0. The number of hydrogen-bond donors (Lipinski definition) is 1. The summed E-state index contributed by atoms with van der Waals surface area (Å²) in [5, 5.41) is 10.0. The molecule has 1 fully saturated rings. The number of piperidine rings is 1. The number of hydrogen-bond acceptors (Lipinski definition) is 3. The molecule has 2 rings (SSSR count). The molecule has 82 valence electrons.